The fourth-order valence-corrected chi connectivity index (χ4v) is 2.11. The summed E-state index contributed by atoms with van der Waals surface area (Å²) in [5.74, 6) is -0.386. The second kappa shape index (κ2) is 8.91. The van der Waals surface area contributed by atoms with Crippen LogP contribution in [-0.2, 0) is 0 Å². The van der Waals surface area contributed by atoms with Gasteiger partial charge in [-0.15, -0.1) is 0 Å². The predicted molar refractivity (Wildman–Crippen MR) is 88.3 cm³/mol. The van der Waals surface area contributed by atoms with Gasteiger partial charge in [-0.1, -0.05) is 13.5 Å². The summed E-state index contributed by atoms with van der Waals surface area (Å²) >= 11 is 0. The van der Waals surface area contributed by atoms with E-state index in [4.69, 9.17) is 14.6 Å². The number of carbonyl (C=O) groups excluding carboxylic acids is 1. The first kappa shape index (κ1) is 21.8. The average Bonchev–Trinajstić information content (AvgIpc) is 2.62. The number of amides is 1. The highest BCUT2D eigenvalue weighted by Crippen LogP contribution is 2.36. The zero-order chi connectivity index (χ0) is 20.0. The Hall–Kier alpha value is -2.26. The van der Waals surface area contributed by atoms with Crippen molar-refractivity contribution in [3.05, 3.63) is 35.9 Å². The van der Waals surface area contributed by atoms with E-state index in [1.807, 2.05) is 0 Å². The Kier molecular flexibility index (Phi) is 7.46. The molecule has 0 aliphatic heterocycles. The van der Waals surface area contributed by atoms with E-state index in [-0.39, 0.29) is 36.7 Å². The lowest BCUT2D eigenvalue weighted by atomic mass is 9.92. The quantitative estimate of drug-likeness (QED) is 0.574. The zero-order valence-corrected chi connectivity index (χ0v) is 14.5. The number of methoxy groups -OCH3 is 1. The first-order valence-corrected chi connectivity index (χ1v) is 7.78. The lowest BCUT2D eigenvalue weighted by molar-refractivity contribution is -0.241. The van der Waals surface area contributed by atoms with Crippen molar-refractivity contribution in [3.63, 3.8) is 0 Å². The summed E-state index contributed by atoms with van der Waals surface area (Å²) in [6, 6.07) is 4.00. The van der Waals surface area contributed by atoms with Crippen molar-refractivity contribution >= 4 is 5.91 Å². The third-order valence-corrected chi connectivity index (χ3v) is 3.76. The molecule has 0 bridgehead atoms. The van der Waals surface area contributed by atoms with Gasteiger partial charge in [0.1, 0.15) is 6.61 Å². The number of aliphatic hydroxyl groups is 2. The summed E-state index contributed by atoms with van der Waals surface area (Å²) in [7, 11) is 1.33. The molecule has 0 fully saturated rings. The number of aliphatic hydroxyl groups excluding tert-OH is 1. The molecular weight excluding hydrogens is 355 g/mol. The minimum Gasteiger partial charge on any atom is -0.493 e. The van der Waals surface area contributed by atoms with E-state index in [0.29, 0.717) is 0 Å². The number of carbonyl (C=O) groups is 1. The zero-order valence-electron chi connectivity index (χ0n) is 14.5. The highest BCUT2D eigenvalue weighted by Gasteiger charge is 2.55. The predicted octanol–water partition coefficient (Wildman–Crippen LogP) is 2.06. The third kappa shape index (κ3) is 4.89. The second-order valence-corrected chi connectivity index (χ2v) is 5.44. The maximum atomic E-state index is 13.2. The molecule has 26 heavy (non-hydrogen) atoms. The molecule has 1 unspecified atom stereocenters. The van der Waals surface area contributed by atoms with Gasteiger partial charge in [-0.05, 0) is 30.2 Å². The Morgan fingerprint density at radius 2 is 1.96 bits per heavy atom. The van der Waals surface area contributed by atoms with Gasteiger partial charge in [0.05, 0.1) is 20.3 Å². The van der Waals surface area contributed by atoms with Gasteiger partial charge >= 0.3 is 6.18 Å². The molecule has 1 rings (SSSR count). The van der Waals surface area contributed by atoms with E-state index < -0.39 is 29.8 Å². The summed E-state index contributed by atoms with van der Waals surface area (Å²) in [6.07, 6.45) is -5.08. The van der Waals surface area contributed by atoms with E-state index in [1.165, 1.54) is 32.2 Å². The van der Waals surface area contributed by atoms with Crippen LogP contribution in [0.15, 0.2) is 30.4 Å². The van der Waals surface area contributed by atoms with Crippen LogP contribution >= 0.6 is 0 Å². The van der Waals surface area contributed by atoms with Gasteiger partial charge in [0, 0.05) is 5.56 Å². The molecule has 0 aromatic heterocycles. The van der Waals surface area contributed by atoms with Crippen LogP contribution in [0.5, 0.6) is 11.5 Å². The third-order valence-electron chi connectivity index (χ3n) is 3.76. The molecule has 0 saturated carbocycles. The Labute approximate surface area is 149 Å². The normalized spacial score (nSPS) is 13.7. The topological polar surface area (TPSA) is 88.0 Å². The minimum absolute atomic E-state index is 0.0135. The van der Waals surface area contributed by atoms with Gasteiger partial charge in [0.25, 0.3) is 5.91 Å². The van der Waals surface area contributed by atoms with Crippen molar-refractivity contribution in [1.29, 1.82) is 0 Å². The van der Waals surface area contributed by atoms with Crippen molar-refractivity contribution in [2.45, 2.75) is 25.1 Å². The highest BCUT2D eigenvalue weighted by molar-refractivity contribution is 5.95. The average molecular weight is 377 g/mol. The number of hydrogen-bond donors (Lipinski definition) is 3. The molecule has 0 saturated heterocycles. The lowest BCUT2D eigenvalue weighted by Crippen LogP contribution is -2.54. The lowest BCUT2D eigenvalue weighted by Gasteiger charge is -2.32. The van der Waals surface area contributed by atoms with Crippen LogP contribution < -0.4 is 14.8 Å². The molecule has 1 aromatic carbocycles. The standard InChI is InChI=1S/C17H22F3NO5/c1-4-11(2)16(24,17(18,19)20)10-21-15(23)12-5-6-13(26-8-7-22)14(9-12)25-3/h5-6,9,22,24H,2,4,7-8,10H2,1,3H3,(H,21,23). The molecule has 1 amide bonds. The van der Waals surface area contributed by atoms with E-state index in [1.54, 1.807) is 0 Å². The van der Waals surface area contributed by atoms with Crippen molar-refractivity contribution in [3.8, 4) is 11.5 Å². The van der Waals surface area contributed by atoms with Crippen molar-refractivity contribution < 1.29 is 37.7 Å². The van der Waals surface area contributed by atoms with Crippen LogP contribution in [0.25, 0.3) is 0 Å². The van der Waals surface area contributed by atoms with Gasteiger partial charge in [-0.2, -0.15) is 13.2 Å². The molecule has 0 spiro atoms. The van der Waals surface area contributed by atoms with E-state index in [2.05, 4.69) is 11.9 Å². The van der Waals surface area contributed by atoms with Gasteiger partial charge < -0.3 is 25.0 Å². The van der Waals surface area contributed by atoms with Gasteiger partial charge in [0.15, 0.2) is 17.1 Å². The Morgan fingerprint density at radius 1 is 1.31 bits per heavy atom. The minimum atomic E-state index is -4.98. The maximum absolute atomic E-state index is 13.2. The summed E-state index contributed by atoms with van der Waals surface area (Å²) in [4.78, 5) is 12.2. The molecule has 6 nitrogen and oxygen atoms in total. The number of hydrogen-bond acceptors (Lipinski definition) is 5. The smallest absolute Gasteiger partial charge is 0.422 e. The molecule has 0 aliphatic rings. The number of alkyl halides is 3. The van der Waals surface area contributed by atoms with E-state index in [9.17, 15) is 23.1 Å². The molecule has 0 heterocycles. The summed E-state index contributed by atoms with van der Waals surface area (Å²) in [6.45, 7) is 3.41. The molecule has 3 N–H and O–H groups in total. The maximum Gasteiger partial charge on any atom is 0.422 e. The highest BCUT2D eigenvalue weighted by atomic mass is 19.4. The van der Waals surface area contributed by atoms with Gasteiger partial charge in [-0.25, -0.2) is 0 Å². The second-order valence-electron chi connectivity index (χ2n) is 5.44. The monoisotopic (exact) mass is 377 g/mol. The van der Waals surface area contributed by atoms with Gasteiger partial charge in [-0.3, -0.25) is 4.79 Å². The first-order valence-electron chi connectivity index (χ1n) is 7.78. The van der Waals surface area contributed by atoms with Crippen LogP contribution in [0.4, 0.5) is 13.2 Å². The fraction of sp³-hybridized carbons (Fsp3) is 0.471. The Balaban J connectivity index is 2.95. The number of ether oxygens (including phenoxy) is 2. The summed E-state index contributed by atoms with van der Waals surface area (Å²) < 4.78 is 49.8. The van der Waals surface area contributed by atoms with E-state index >= 15 is 0 Å². The largest absolute Gasteiger partial charge is 0.493 e. The summed E-state index contributed by atoms with van der Waals surface area (Å²) in [5, 5.41) is 20.8. The number of nitrogens with one attached hydrogen (secondary N) is 1. The Bertz CT molecular complexity index is 648. The van der Waals surface area contributed by atoms with Gasteiger partial charge in [0.2, 0.25) is 0 Å². The molecule has 9 heteroatoms. The molecule has 146 valence electrons. The number of rotatable bonds is 9. The van der Waals surface area contributed by atoms with Crippen LogP contribution in [0, 0.1) is 0 Å². The van der Waals surface area contributed by atoms with Crippen LogP contribution in [-0.4, -0.2) is 54.8 Å². The molecule has 1 atom stereocenters. The molecule has 0 aliphatic carbocycles. The number of halogens is 3. The fourth-order valence-electron chi connectivity index (χ4n) is 2.11. The Morgan fingerprint density at radius 3 is 2.46 bits per heavy atom. The van der Waals surface area contributed by atoms with Crippen molar-refractivity contribution in [2.75, 3.05) is 26.9 Å². The van der Waals surface area contributed by atoms with Crippen molar-refractivity contribution in [1.82, 2.24) is 5.32 Å². The molecule has 1 aromatic rings. The molecular formula is C17H22F3NO5. The van der Waals surface area contributed by atoms with E-state index in [0.717, 1.165) is 0 Å². The van der Waals surface area contributed by atoms with Crippen LogP contribution in [0.2, 0.25) is 0 Å². The van der Waals surface area contributed by atoms with Crippen molar-refractivity contribution in [2.24, 2.45) is 0 Å². The number of benzene rings is 1. The van der Waals surface area contributed by atoms with Crippen LogP contribution in [0.3, 0.4) is 0 Å². The molecule has 0 radical (unpaired) electrons. The first-order chi connectivity index (χ1) is 12.1. The van der Waals surface area contributed by atoms with Crippen LogP contribution in [0.1, 0.15) is 23.7 Å². The summed E-state index contributed by atoms with van der Waals surface area (Å²) in [5.41, 5.74) is -3.65. The SMILES string of the molecule is C=C(CC)C(O)(CNC(=O)c1ccc(OCCO)c(OC)c1)C(F)(F)F.